The smallest absolute Gasteiger partial charge is 0.255 e. The molecule has 1 N–H and O–H groups in total. The van der Waals surface area contributed by atoms with E-state index >= 15 is 0 Å². The van der Waals surface area contributed by atoms with Crippen LogP contribution in [0.5, 0.6) is 0 Å². The number of rotatable bonds is 2. The van der Waals surface area contributed by atoms with Crippen LogP contribution in [-0.4, -0.2) is 5.91 Å². The van der Waals surface area contributed by atoms with Gasteiger partial charge in [-0.2, -0.15) is 0 Å². The fourth-order valence-corrected chi connectivity index (χ4v) is 2.35. The molecular formula is C14H11BrClNO. The van der Waals surface area contributed by atoms with Gasteiger partial charge in [0.15, 0.2) is 0 Å². The number of carbonyl (C=O) groups is 1. The fraction of sp³-hybridized carbons (Fsp3) is 0.0714. The van der Waals surface area contributed by atoms with E-state index in [0.29, 0.717) is 10.6 Å². The number of benzene rings is 2. The zero-order chi connectivity index (χ0) is 13.1. The van der Waals surface area contributed by atoms with E-state index in [9.17, 15) is 4.79 Å². The van der Waals surface area contributed by atoms with Crippen molar-refractivity contribution in [3.8, 4) is 0 Å². The fourth-order valence-electron chi connectivity index (χ4n) is 1.61. The van der Waals surface area contributed by atoms with Gasteiger partial charge in [0, 0.05) is 20.7 Å². The summed E-state index contributed by atoms with van der Waals surface area (Å²) < 4.78 is 0.939. The molecule has 2 aromatic carbocycles. The predicted molar refractivity (Wildman–Crippen MR) is 78.3 cm³/mol. The average molecular weight is 325 g/mol. The maximum Gasteiger partial charge on any atom is 0.255 e. The molecule has 0 aliphatic carbocycles. The van der Waals surface area contributed by atoms with Gasteiger partial charge in [-0.05, 0) is 55.0 Å². The molecule has 0 spiro atoms. The first-order valence-corrected chi connectivity index (χ1v) is 6.56. The summed E-state index contributed by atoms with van der Waals surface area (Å²) in [6, 6.07) is 12.5. The van der Waals surface area contributed by atoms with Crippen LogP contribution in [0.25, 0.3) is 0 Å². The molecule has 0 radical (unpaired) electrons. The predicted octanol–water partition coefficient (Wildman–Crippen LogP) is 4.66. The summed E-state index contributed by atoms with van der Waals surface area (Å²) in [5.74, 6) is -0.149. The van der Waals surface area contributed by atoms with Crippen molar-refractivity contribution in [2.45, 2.75) is 6.92 Å². The van der Waals surface area contributed by atoms with Crippen molar-refractivity contribution >= 4 is 39.1 Å². The van der Waals surface area contributed by atoms with Crippen LogP contribution in [0.2, 0.25) is 5.02 Å². The number of nitrogens with one attached hydrogen (secondary N) is 1. The molecule has 1 amide bonds. The molecule has 0 unspecified atom stereocenters. The lowest BCUT2D eigenvalue weighted by Gasteiger charge is -2.07. The van der Waals surface area contributed by atoms with Crippen LogP contribution in [0.1, 0.15) is 15.9 Å². The van der Waals surface area contributed by atoms with Crippen molar-refractivity contribution in [3.63, 3.8) is 0 Å². The van der Waals surface area contributed by atoms with Crippen LogP contribution in [0, 0.1) is 6.92 Å². The second kappa shape index (κ2) is 5.55. The van der Waals surface area contributed by atoms with Crippen molar-refractivity contribution in [1.29, 1.82) is 0 Å². The SMILES string of the molecule is Cc1cc(Br)cc(NC(=O)c2ccc(Cl)cc2)c1. The van der Waals surface area contributed by atoms with E-state index in [4.69, 9.17) is 11.6 Å². The Morgan fingerprint density at radius 2 is 1.83 bits per heavy atom. The second-order valence-electron chi connectivity index (χ2n) is 3.98. The molecule has 0 atom stereocenters. The monoisotopic (exact) mass is 323 g/mol. The zero-order valence-electron chi connectivity index (χ0n) is 9.71. The molecule has 2 rings (SSSR count). The van der Waals surface area contributed by atoms with Crippen molar-refractivity contribution in [3.05, 3.63) is 63.1 Å². The molecule has 0 aromatic heterocycles. The molecule has 18 heavy (non-hydrogen) atoms. The Bertz CT molecular complexity index is 561. The first-order valence-electron chi connectivity index (χ1n) is 5.39. The quantitative estimate of drug-likeness (QED) is 0.855. The third-order valence-electron chi connectivity index (χ3n) is 2.41. The Balaban J connectivity index is 2.18. The Hall–Kier alpha value is -1.32. The molecule has 2 aromatic rings. The molecular weight excluding hydrogens is 314 g/mol. The van der Waals surface area contributed by atoms with E-state index in [-0.39, 0.29) is 5.91 Å². The third-order valence-corrected chi connectivity index (χ3v) is 3.12. The molecule has 0 aliphatic heterocycles. The molecule has 0 aliphatic rings. The zero-order valence-corrected chi connectivity index (χ0v) is 12.0. The summed E-state index contributed by atoms with van der Waals surface area (Å²) in [6.07, 6.45) is 0. The summed E-state index contributed by atoms with van der Waals surface area (Å²) in [5.41, 5.74) is 2.43. The van der Waals surface area contributed by atoms with E-state index in [1.165, 1.54) is 0 Å². The van der Waals surface area contributed by atoms with E-state index in [1.54, 1.807) is 24.3 Å². The first-order chi connectivity index (χ1) is 8.54. The molecule has 0 heterocycles. The number of carbonyl (C=O) groups excluding carboxylic acids is 1. The maximum atomic E-state index is 12.0. The summed E-state index contributed by atoms with van der Waals surface area (Å²) >= 11 is 9.18. The summed E-state index contributed by atoms with van der Waals surface area (Å²) in [6.45, 7) is 1.97. The number of hydrogen-bond acceptors (Lipinski definition) is 1. The van der Waals surface area contributed by atoms with Gasteiger partial charge in [-0.25, -0.2) is 0 Å². The standard InChI is InChI=1S/C14H11BrClNO/c1-9-6-11(15)8-13(7-9)17-14(18)10-2-4-12(16)5-3-10/h2-8H,1H3,(H,17,18). The summed E-state index contributed by atoms with van der Waals surface area (Å²) in [5, 5.41) is 3.46. The van der Waals surface area contributed by atoms with Gasteiger partial charge in [0.1, 0.15) is 0 Å². The number of halogens is 2. The van der Waals surface area contributed by atoms with E-state index in [2.05, 4.69) is 21.2 Å². The molecule has 0 saturated carbocycles. The minimum atomic E-state index is -0.149. The second-order valence-corrected chi connectivity index (χ2v) is 5.33. The van der Waals surface area contributed by atoms with Gasteiger partial charge in [0.05, 0.1) is 0 Å². The number of amides is 1. The van der Waals surface area contributed by atoms with Crippen LogP contribution >= 0.6 is 27.5 Å². The van der Waals surface area contributed by atoms with Gasteiger partial charge in [0.2, 0.25) is 0 Å². The highest BCUT2D eigenvalue weighted by molar-refractivity contribution is 9.10. The van der Waals surface area contributed by atoms with Crippen molar-refractivity contribution in [2.24, 2.45) is 0 Å². The van der Waals surface area contributed by atoms with Gasteiger partial charge in [-0.15, -0.1) is 0 Å². The highest BCUT2D eigenvalue weighted by atomic mass is 79.9. The first kappa shape index (κ1) is 13.1. The van der Waals surface area contributed by atoms with Crippen LogP contribution in [0.4, 0.5) is 5.69 Å². The molecule has 0 saturated heterocycles. The number of hydrogen-bond donors (Lipinski definition) is 1. The normalized spacial score (nSPS) is 10.2. The molecule has 0 fully saturated rings. The maximum absolute atomic E-state index is 12.0. The largest absolute Gasteiger partial charge is 0.322 e. The lowest BCUT2D eigenvalue weighted by Crippen LogP contribution is -2.11. The summed E-state index contributed by atoms with van der Waals surface area (Å²) in [4.78, 5) is 12.0. The van der Waals surface area contributed by atoms with Crippen molar-refractivity contribution < 1.29 is 4.79 Å². The van der Waals surface area contributed by atoms with Crippen LogP contribution in [0.15, 0.2) is 46.9 Å². The average Bonchev–Trinajstić information content (AvgIpc) is 2.28. The highest BCUT2D eigenvalue weighted by Gasteiger charge is 2.06. The lowest BCUT2D eigenvalue weighted by molar-refractivity contribution is 0.102. The Morgan fingerprint density at radius 1 is 1.17 bits per heavy atom. The van der Waals surface area contributed by atoms with Crippen LogP contribution < -0.4 is 5.32 Å². The molecule has 0 bridgehead atoms. The summed E-state index contributed by atoms with van der Waals surface area (Å²) in [7, 11) is 0. The third kappa shape index (κ3) is 3.34. The highest BCUT2D eigenvalue weighted by Crippen LogP contribution is 2.20. The minimum Gasteiger partial charge on any atom is -0.322 e. The van der Waals surface area contributed by atoms with E-state index in [0.717, 1.165) is 15.7 Å². The van der Waals surface area contributed by atoms with Gasteiger partial charge < -0.3 is 5.32 Å². The van der Waals surface area contributed by atoms with Gasteiger partial charge in [-0.3, -0.25) is 4.79 Å². The number of anilines is 1. The molecule has 4 heteroatoms. The van der Waals surface area contributed by atoms with Crippen molar-refractivity contribution in [2.75, 3.05) is 5.32 Å². The van der Waals surface area contributed by atoms with E-state index in [1.807, 2.05) is 25.1 Å². The topological polar surface area (TPSA) is 29.1 Å². The number of aryl methyl sites for hydroxylation is 1. The van der Waals surface area contributed by atoms with Crippen molar-refractivity contribution in [1.82, 2.24) is 0 Å². The lowest BCUT2D eigenvalue weighted by atomic mass is 10.2. The molecule has 2 nitrogen and oxygen atoms in total. The molecule has 92 valence electrons. The Labute approximate surface area is 119 Å². The van der Waals surface area contributed by atoms with Gasteiger partial charge in [0.25, 0.3) is 5.91 Å². The van der Waals surface area contributed by atoms with E-state index < -0.39 is 0 Å². The van der Waals surface area contributed by atoms with Crippen LogP contribution in [-0.2, 0) is 0 Å². The Kier molecular flexibility index (Phi) is 4.04. The van der Waals surface area contributed by atoms with Gasteiger partial charge >= 0.3 is 0 Å². The van der Waals surface area contributed by atoms with Crippen LogP contribution in [0.3, 0.4) is 0 Å². The Morgan fingerprint density at radius 3 is 2.44 bits per heavy atom. The minimum absolute atomic E-state index is 0.149. The van der Waals surface area contributed by atoms with Gasteiger partial charge in [-0.1, -0.05) is 27.5 Å².